The van der Waals surface area contributed by atoms with Crippen LogP contribution in [-0.2, 0) is 11.2 Å². The summed E-state index contributed by atoms with van der Waals surface area (Å²) in [6.45, 7) is 1.91. The number of rotatable bonds is 4. The predicted molar refractivity (Wildman–Crippen MR) is 76.4 cm³/mol. The summed E-state index contributed by atoms with van der Waals surface area (Å²) in [4.78, 5) is 12.0. The van der Waals surface area contributed by atoms with Gasteiger partial charge in [-0.1, -0.05) is 17.7 Å². The lowest BCUT2D eigenvalue weighted by atomic mass is 10.1. The molecule has 2 aromatic rings. The largest absolute Gasteiger partial charge is 0.496 e. The van der Waals surface area contributed by atoms with Gasteiger partial charge in [-0.25, -0.2) is 8.78 Å². The number of carbonyl (C=O) groups is 1. The van der Waals surface area contributed by atoms with E-state index in [0.717, 1.165) is 23.3 Å². The first-order chi connectivity index (χ1) is 9.99. The van der Waals surface area contributed by atoms with Crippen molar-refractivity contribution in [2.24, 2.45) is 0 Å². The number of methoxy groups -OCH3 is 1. The van der Waals surface area contributed by atoms with Gasteiger partial charge in [0.15, 0.2) is 11.6 Å². The quantitative estimate of drug-likeness (QED) is 0.936. The summed E-state index contributed by atoms with van der Waals surface area (Å²) in [5, 5.41) is 2.53. The maximum absolute atomic E-state index is 13.1. The maximum Gasteiger partial charge on any atom is 0.228 e. The number of anilines is 1. The van der Waals surface area contributed by atoms with Crippen LogP contribution in [0.2, 0.25) is 0 Å². The van der Waals surface area contributed by atoms with Crippen molar-refractivity contribution in [3.8, 4) is 5.75 Å². The van der Waals surface area contributed by atoms with Crippen LogP contribution >= 0.6 is 0 Å². The van der Waals surface area contributed by atoms with Gasteiger partial charge >= 0.3 is 0 Å². The fourth-order valence-electron chi connectivity index (χ4n) is 2.00. The summed E-state index contributed by atoms with van der Waals surface area (Å²) in [5.41, 5.74) is 1.95. The SMILES string of the molecule is COc1ccc(C)cc1CC(=O)Nc1ccc(F)c(F)c1. The molecule has 0 saturated carbocycles. The highest BCUT2D eigenvalue weighted by molar-refractivity contribution is 5.92. The van der Waals surface area contributed by atoms with Gasteiger partial charge in [-0.05, 0) is 25.1 Å². The summed E-state index contributed by atoms with van der Waals surface area (Å²) >= 11 is 0. The van der Waals surface area contributed by atoms with Crippen LogP contribution in [0.25, 0.3) is 0 Å². The molecule has 110 valence electrons. The Balaban J connectivity index is 2.11. The van der Waals surface area contributed by atoms with Crippen molar-refractivity contribution in [2.45, 2.75) is 13.3 Å². The number of benzene rings is 2. The molecule has 1 N–H and O–H groups in total. The van der Waals surface area contributed by atoms with Crippen molar-refractivity contribution < 1.29 is 18.3 Å². The molecular formula is C16H15F2NO2. The van der Waals surface area contributed by atoms with Crippen LogP contribution < -0.4 is 10.1 Å². The first-order valence-electron chi connectivity index (χ1n) is 6.38. The number of hydrogen-bond donors (Lipinski definition) is 1. The van der Waals surface area contributed by atoms with Gasteiger partial charge in [-0.15, -0.1) is 0 Å². The Hall–Kier alpha value is -2.43. The first-order valence-corrected chi connectivity index (χ1v) is 6.38. The summed E-state index contributed by atoms with van der Waals surface area (Å²) in [7, 11) is 1.53. The van der Waals surface area contributed by atoms with Crippen LogP contribution in [0.1, 0.15) is 11.1 Å². The maximum atomic E-state index is 13.1. The molecule has 2 aromatic carbocycles. The van der Waals surface area contributed by atoms with E-state index in [1.165, 1.54) is 13.2 Å². The van der Waals surface area contributed by atoms with Gasteiger partial charge < -0.3 is 10.1 Å². The fraction of sp³-hybridized carbons (Fsp3) is 0.188. The molecule has 0 fully saturated rings. The third-order valence-corrected chi connectivity index (χ3v) is 2.99. The number of ether oxygens (including phenoxy) is 1. The summed E-state index contributed by atoms with van der Waals surface area (Å²) in [6.07, 6.45) is 0.0872. The Morgan fingerprint density at radius 1 is 1.14 bits per heavy atom. The zero-order chi connectivity index (χ0) is 15.4. The minimum absolute atomic E-state index is 0.0872. The molecule has 0 aromatic heterocycles. The second-order valence-corrected chi connectivity index (χ2v) is 4.67. The highest BCUT2D eigenvalue weighted by Gasteiger charge is 2.10. The molecule has 3 nitrogen and oxygen atoms in total. The molecule has 0 radical (unpaired) electrons. The predicted octanol–water partition coefficient (Wildman–Crippen LogP) is 3.46. The number of hydrogen-bond acceptors (Lipinski definition) is 2. The Morgan fingerprint density at radius 3 is 2.57 bits per heavy atom. The number of amides is 1. The Morgan fingerprint density at radius 2 is 1.90 bits per heavy atom. The van der Waals surface area contributed by atoms with Crippen molar-refractivity contribution in [1.29, 1.82) is 0 Å². The second kappa shape index (κ2) is 6.35. The van der Waals surface area contributed by atoms with Crippen LogP contribution in [0.5, 0.6) is 5.75 Å². The van der Waals surface area contributed by atoms with E-state index in [9.17, 15) is 13.6 Å². The highest BCUT2D eigenvalue weighted by Crippen LogP contribution is 2.21. The molecule has 21 heavy (non-hydrogen) atoms. The van der Waals surface area contributed by atoms with Gasteiger partial charge in [0.1, 0.15) is 5.75 Å². The van der Waals surface area contributed by atoms with E-state index in [4.69, 9.17) is 4.74 Å². The van der Waals surface area contributed by atoms with Crippen molar-refractivity contribution in [3.05, 3.63) is 59.2 Å². The van der Waals surface area contributed by atoms with Crippen molar-refractivity contribution in [1.82, 2.24) is 0 Å². The van der Waals surface area contributed by atoms with Crippen LogP contribution in [0.15, 0.2) is 36.4 Å². The van der Waals surface area contributed by atoms with Crippen LogP contribution in [0, 0.1) is 18.6 Å². The minimum atomic E-state index is -0.999. The fourth-order valence-corrected chi connectivity index (χ4v) is 2.00. The number of aryl methyl sites for hydroxylation is 1. The average Bonchev–Trinajstić information content (AvgIpc) is 2.43. The van der Waals surface area contributed by atoms with Gasteiger partial charge in [0.25, 0.3) is 0 Å². The molecule has 0 unspecified atom stereocenters. The van der Waals surface area contributed by atoms with E-state index in [0.29, 0.717) is 5.75 Å². The van der Waals surface area contributed by atoms with E-state index in [-0.39, 0.29) is 18.0 Å². The third-order valence-electron chi connectivity index (χ3n) is 2.99. The minimum Gasteiger partial charge on any atom is -0.496 e. The molecule has 0 heterocycles. The second-order valence-electron chi connectivity index (χ2n) is 4.67. The van der Waals surface area contributed by atoms with Crippen molar-refractivity contribution >= 4 is 11.6 Å². The lowest BCUT2D eigenvalue weighted by molar-refractivity contribution is -0.115. The molecule has 0 aliphatic heterocycles. The van der Waals surface area contributed by atoms with Crippen molar-refractivity contribution in [3.63, 3.8) is 0 Å². The smallest absolute Gasteiger partial charge is 0.228 e. The standard InChI is InChI=1S/C16H15F2NO2/c1-10-3-6-15(21-2)11(7-10)8-16(20)19-12-4-5-13(17)14(18)9-12/h3-7,9H,8H2,1-2H3,(H,19,20). The molecule has 0 aliphatic carbocycles. The van der Waals surface area contributed by atoms with Gasteiger partial charge in [-0.2, -0.15) is 0 Å². The van der Waals surface area contributed by atoms with E-state index in [1.54, 1.807) is 6.07 Å². The lowest BCUT2D eigenvalue weighted by Crippen LogP contribution is -2.15. The monoisotopic (exact) mass is 291 g/mol. The third kappa shape index (κ3) is 3.78. The van der Waals surface area contributed by atoms with E-state index in [2.05, 4.69) is 5.32 Å². The summed E-state index contributed by atoms with van der Waals surface area (Å²) < 4.78 is 31.1. The molecule has 2 rings (SSSR count). The lowest BCUT2D eigenvalue weighted by Gasteiger charge is -2.10. The van der Waals surface area contributed by atoms with Gasteiger partial charge in [0, 0.05) is 17.3 Å². The average molecular weight is 291 g/mol. The molecule has 0 aliphatic rings. The summed E-state index contributed by atoms with van der Waals surface area (Å²) in [5.74, 6) is -1.67. The Labute approximate surface area is 121 Å². The molecule has 0 saturated heterocycles. The molecular weight excluding hydrogens is 276 g/mol. The Kier molecular flexibility index (Phi) is 4.52. The molecule has 0 spiro atoms. The highest BCUT2D eigenvalue weighted by atomic mass is 19.2. The van der Waals surface area contributed by atoms with Gasteiger partial charge in [0.05, 0.1) is 13.5 Å². The molecule has 0 atom stereocenters. The topological polar surface area (TPSA) is 38.3 Å². The number of nitrogens with one attached hydrogen (secondary N) is 1. The zero-order valence-corrected chi connectivity index (χ0v) is 11.7. The van der Waals surface area contributed by atoms with E-state index >= 15 is 0 Å². The summed E-state index contributed by atoms with van der Waals surface area (Å²) in [6, 6.07) is 8.75. The Bertz CT molecular complexity index is 671. The molecule has 5 heteroatoms. The zero-order valence-electron chi connectivity index (χ0n) is 11.7. The normalized spacial score (nSPS) is 10.3. The number of carbonyl (C=O) groups excluding carboxylic acids is 1. The van der Waals surface area contributed by atoms with Crippen LogP contribution in [0.3, 0.4) is 0 Å². The molecule has 1 amide bonds. The van der Waals surface area contributed by atoms with Crippen molar-refractivity contribution in [2.75, 3.05) is 12.4 Å². The van der Waals surface area contributed by atoms with E-state index in [1.807, 2.05) is 19.1 Å². The van der Waals surface area contributed by atoms with E-state index < -0.39 is 11.6 Å². The number of halogens is 2. The molecule has 0 bridgehead atoms. The van der Waals surface area contributed by atoms with Crippen LogP contribution in [0.4, 0.5) is 14.5 Å². The van der Waals surface area contributed by atoms with Crippen LogP contribution in [-0.4, -0.2) is 13.0 Å². The first kappa shape index (κ1) is 15.0. The van der Waals surface area contributed by atoms with Gasteiger partial charge in [-0.3, -0.25) is 4.79 Å². The van der Waals surface area contributed by atoms with Gasteiger partial charge in [0.2, 0.25) is 5.91 Å².